The van der Waals surface area contributed by atoms with E-state index in [-0.39, 0.29) is 0 Å². The van der Waals surface area contributed by atoms with Gasteiger partial charge >= 0.3 is 0 Å². The molecule has 2 nitrogen and oxygen atoms in total. The summed E-state index contributed by atoms with van der Waals surface area (Å²) in [6.07, 6.45) is 8.46. The molecule has 0 radical (unpaired) electrons. The van der Waals surface area contributed by atoms with Gasteiger partial charge in [-0.2, -0.15) is 0 Å². The van der Waals surface area contributed by atoms with E-state index in [1.54, 1.807) is 0 Å². The van der Waals surface area contributed by atoms with Crippen molar-refractivity contribution >= 4 is 5.78 Å². The molecule has 1 fully saturated rings. The monoisotopic (exact) mass is 195 g/mol. The van der Waals surface area contributed by atoms with Gasteiger partial charge in [0.2, 0.25) is 0 Å². The summed E-state index contributed by atoms with van der Waals surface area (Å²) < 4.78 is 0. The highest BCUT2D eigenvalue weighted by atomic mass is 16.1. The summed E-state index contributed by atoms with van der Waals surface area (Å²) in [5.74, 6) is 0.361. The lowest BCUT2D eigenvalue weighted by molar-refractivity contribution is -0.116. The molecule has 1 aliphatic rings. The molecule has 0 spiro atoms. The number of rotatable bonds is 4. The lowest BCUT2D eigenvalue weighted by atomic mass is 9.94. The number of hydrogen-bond acceptors (Lipinski definition) is 2. The average Bonchev–Trinajstić information content (AvgIpc) is 2.18. The Bertz CT molecular complexity index is 220. The molecule has 0 atom stereocenters. The van der Waals surface area contributed by atoms with Crippen molar-refractivity contribution in [1.29, 1.82) is 0 Å². The van der Waals surface area contributed by atoms with Crippen molar-refractivity contribution in [2.75, 3.05) is 13.6 Å². The van der Waals surface area contributed by atoms with E-state index in [1.807, 2.05) is 0 Å². The first-order valence-electron chi connectivity index (χ1n) is 5.68. The highest BCUT2D eigenvalue weighted by Gasteiger charge is 2.14. The van der Waals surface area contributed by atoms with Crippen molar-refractivity contribution in [1.82, 2.24) is 4.90 Å². The fourth-order valence-electron chi connectivity index (χ4n) is 1.78. The number of carbonyl (C=O) groups excluding carboxylic acids is 1. The quantitative estimate of drug-likeness (QED) is 0.643. The first-order chi connectivity index (χ1) is 6.74. The number of unbranched alkanes of at least 4 members (excludes halogenated alkanes) is 1. The van der Waals surface area contributed by atoms with Crippen molar-refractivity contribution in [3.05, 3.63) is 11.8 Å². The average molecular weight is 195 g/mol. The molecule has 0 N–H and O–H groups in total. The van der Waals surface area contributed by atoms with Gasteiger partial charge in [0, 0.05) is 31.8 Å². The van der Waals surface area contributed by atoms with Gasteiger partial charge in [0.15, 0.2) is 5.78 Å². The van der Waals surface area contributed by atoms with Crippen LogP contribution in [0.3, 0.4) is 0 Å². The zero-order valence-electron chi connectivity index (χ0n) is 9.38. The summed E-state index contributed by atoms with van der Waals surface area (Å²) in [4.78, 5) is 13.7. The van der Waals surface area contributed by atoms with Gasteiger partial charge in [-0.15, -0.1) is 0 Å². The summed E-state index contributed by atoms with van der Waals surface area (Å²) in [6, 6.07) is 0. The van der Waals surface area contributed by atoms with Crippen molar-refractivity contribution in [2.24, 2.45) is 0 Å². The van der Waals surface area contributed by atoms with Crippen LogP contribution in [0.25, 0.3) is 0 Å². The molecular formula is C12H21NO. The zero-order valence-corrected chi connectivity index (χ0v) is 9.38. The highest BCUT2D eigenvalue weighted by molar-refractivity contribution is 5.95. The van der Waals surface area contributed by atoms with Crippen LogP contribution in [0, 0.1) is 0 Å². The fourth-order valence-corrected chi connectivity index (χ4v) is 1.78. The number of Topliss-reactive ketones (excluding diaryl/α,β-unsaturated/α-hetero) is 1. The van der Waals surface area contributed by atoms with Crippen LogP contribution >= 0.6 is 0 Å². The molecular weight excluding hydrogens is 174 g/mol. The molecule has 0 amide bonds. The van der Waals surface area contributed by atoms with Gasteiger partial charge in [-0.05, 0) is 25.7 Å². The van der Waals surface area contributed by atoms with Gasteiger partial charge in [-0.25, -0.2) is 0 Å². The molecule has 1 rings (SSSR count). The van der Waals surface area contributed by atoms with E-state index >= 15 is 0 Å². The Balaban J connectivity index is 2.43. The number of ketones is 1. The third kappa shape index (κ3) is 3.52. The molecule has 80 valence electrons. The number of nitrogens with zero attached hydrogens (tertiary/aromatic N) is 1. The minimum absolute atomic E-state index is 0.361. The van der Waals surface area contributed by atoms with Crippen LogP contribution in [-0.2, 0) is 4.79 Å². The third-order valence-electron chi connectivity index (χ3n) is 2.70. The molecule has 2 heteroatoms. The van der Waals surface area contributed by atoms with Crippen molar-refractivity contribution in [2.45, 2.75) is 45.4 Å². The molecule has 0 unspecified atom stereocenters. The van der Waals surface area contributed by atoms with Gasteiger partial charge in [0.05, 0.1) is 0 Å². The number of allylic oxidation sites excluding steroid dienone is 1. The smallest absolute Gasteiger partial charge is 0.160 e. The standard InChI is InChI=1S/C12H21NO/c1-3-4-9-13(2)10-11-7-5-6-8-12(11)14/h10H,3-9H2,1-2H3. The molecule has 0 heterocycles. The summed E-state index contributed by atoms with van der Waals surface area (Å²) in [5, 5.41) is 0. The highest BCUT2D eigenvalue weighted by Crippen LogP contribution is 2.19. The lowest BCUT2D eigenvalue weighted by Gasteiger charge is -2.18. The SMILES string of the molecule is CCCCN(C)C=C1CCCCC1=O. The van der Waals surface area contributed by atoms with Gasteiger partial charge < -0.3 is 4.90 Å². The second kappa shape index (κ2) is 5.84. The Morgan fingerprint density at radius 2 is 2.07 bits per heavy atom. The third-order valence-corrected chi connectivity index (χ3v) is 2.70. The van der Waals surface area contributed by atoms with Crippen LogP contribution in [0.5, 0.6) is 0 Å². The van der Waals surface area contributed by atoms with Crippen LogP contribution in [0.4, 0.5) is 0 Å². The molecule has 0 aromatic heterocycles. The van der Waals surface area contributed by atoms with Crippen molar-refractivity contribution in [3.63, 3.8) is 0 Å². The molecule has 0 bridgehead atoms. The molecule has 1 aliphatic carbocycles. The summed E-state index contributed by atoms with van der Waals surface area (Å²) in [5.41, 5.74) is 1.04. The normalized spacial score (nSPS) is 20.1. The molecule has 0 saturated heterocycles. The fraction of sp³-hybridized carbons (Fsp3) is 0.750. The van der Waals surface area contributed by atoms with E-state index in [1.165, 1.54) is 19.3 Å². The minimum atomic E-state index is 0.361. The van der Waals surface area contributed by atoms with Gasteiger partial charge in [-0.3, -0.25) is 4.79 Å². The number of carbonyl (C=O) groups is 1. The Morgan fingerprint density at radius 3 is 2.71 bits per heavy atom. The van der Waals surface area contributed by atoms with E-state index in [0.29, 0.717) is 5.78 Å². The summed E-state index contributed by atoms with van der Waals surface area (Å²) in [7, 11) is 2.06. The first-order valence-corrected chi connectivity index (χ1v) is 5.68. The molecule has 14 heavy (non-hydrogen) atoms. The van der Waals surface area contributed by atoms with Crippen molar-refractivity contribution in [3.8, 4) is 0 Å². The summed E-state index contributed by atoms with van der Waals surface area (Å²) >= 11 is 0. The molecule has 0 aliphatic heterocycles. The van der Waals surface area contributed by atoms with E-state index in [9.17, 15) is 4.79 Å². The Labute approximate surface area is 87.0 Å². The molecule has 0 aromatic rings. The first kappa shape index (κ1) is 11.3. The van der Waals surface area contributed by atoms with E-state index in [0.717, 1.165) is 31.4 Å². The maximum Gasteiger partial charge on any atom is 0.160 e. The Morgan fingerprint density at radius 1 is 1.36 bits per heavy atom. The van der Waals surface area contributed by atoms with E-state index in [4.69, 9.17) is 0 Å². The van der Waals surface area contributed by atoms with Gasteiger partial charge in [0.25, 0.3) is 0 Å². The largest absolute Gasteiger partial charge is 0.380 e. The summed E-state index contributed by atoms with van der Waals surface area (Å²) in [6.45, 7) is 3.25. The predicted molar refractivity (Wildman–Crippen MR) is 59.1 cm³/mol. The second-order valence-corrected chi connectivity index (χ2v) is 4.12. The van der Waals surface area contributed by atoms with Crippen LogP contribution in [0.15, 0.2) is 11.8 Å². The maximum absolute atomic E-state index is 11.5. The Kier molecular flexibility index (Phi) is 4.71. The van der Waals surface area contributed by atoms with E-state index in [2.05, 4.69) is 25.1 Å². The second-order valence-electron chi connectivity index (χ2n) is 4.12. The lowest BCUT2D eigenvalue weighted by Crippen LogP contribution is -2.17. The van der Waals surface area contributed by atoms with Gasteiger partial charge in [-0.1, -0.05) is 13.3 Å². The zero-order chi connectivity index (χ0) is 10.4. The van der Waals surface area contributed by atoms with E-state index < -0.39 is 0 Å². The Hall–Kier alpha value is -0.790. The molecule has 1 saturated carbocycles. The van der Waals surface area contributed by atoms with Crippen molar-refractivity contribution < 1.29 is 4.79 Å². The number of hydrogen-bond donors (Lipinski definition) is 0. The predicted octanol–water partition coefficient (Wildman–Crippen LogP) is 2.75. The topological polar surface area (TPSA) is 20.3 Å². The molecule has 0 aromatic carbocycles. The minimum Gasteiger partial charge on any atom is -0.380 e. The van der Waals surface area contributed by atoms with Crippen LogP contribution in [0.1, 0.15) is 45.4 Å². The van der Waals surface area contributed by atoms with Crippen LogP contribution in [-0.4, -0.2) is 24.3 Å². The maximum atomic E-state index is 11.5. The van der Waals surface area contributed by atoms with Gasteiger partial charge in [0.1, 0.15) is 0 Å². The van der Waals surface area contributed by atoms with Crippen LogP contribution < -0.4 is 0 Å². The van der Waals surface area contributed by atoms with Crippen LogP contribution in [0.2, 0.25) is 0 Å².